The second-order valence-electron chi connectivity index (χ2n) is 4.29. The van der Waals surface area contributed by atoms with Gasteiger partial charge in [0.25, 0.3) is 0 Å². The smallest absolute Gasteiger partial charge is 0.407 e. The van der Waals surface area contributed by atoms with Gasteiger partial charge in [-0.05, 0) is 32.2 Å². The van der Waals surface area contributed by atoms with Crippen LogP contribution in [0.2, 0.25) is 5.54 Å². The summed E-state index contributed by atoms with van der Waals surface area (Å²) in [5.41, 5.74) is 0.465. The van der Waals surface area contributed by atoms with Crippen LogP contribution in [-0.4, -0.2) is 52.2 Å². The van der Waals surface area contributed by atoms with E-state index < -0.39 is 15.4 Å². The Morgan fingerprint density at radius 3 is 2.22 bits per heavy atom. The predicted octanol–water partition coefficient (Wildman–Crippen LogP) is 2.45. The summed E-state index contributed by atoms with van der Waals surface area (Å²) in [6.45, 7) is 8.09. The summed E-state index contributed by atoms with van der Waals surface area (Å²) in [7, 11) is -0.00178. The average molecular weight is 277 g/mol. The van der Waals surface area contributed by atoms with Crippen LogP contribution in [0, 0.1) is 0 Å². The SMILES string of the molecule is CCO[SiH](OCC)C(CC)CCCN(C)C(=O)O. The molecule has 0 saturated carbocycles. The van der Waals surface area contributed by atoms with Crippen molar-refractivity contribution in [2.75, 3.05) is 26.8 Å². The van der Waals surface area contributed by atoms with Crippen LogP contribution in [0.1, 0.15) is 40.0 Å². The lowest BCUT2D eigenvalue weighted by atomic mass is 10.2. The molecule has 1 N–H and O–H groups in total. The highest BCUT2D eigenvalue weighted by Gasteiger charge is 2.24. The van der Waals surface area contributed by atoms with Crippen molar-refractivity contribution in [2.24, 2.45) is 0 Å². The lowest BCUT2D eigenvalue weighted by Gasteiger charge is -2.24. The van der Waals surface area contributed by atoms with E-state index in [9.17, 15) is 4.79 Å². The molecule has 5 nitrogen and oxygen atoms in total. The molecule has 0 aromatic heterocycles. The molecular formula is C12H27NO4Si. The highest BCUT2D eigenvalue weighted by atomic mass is 28.3. The molecule has 6 heteroatoms. The quantitative estimate of drug-likeness (QED) is 0.623. The van der Waals surface area contributed by atoms with E-state index in [1.165, 1.54) is 4.90 Å². The Morgan fingerprint density at radius 1 is 1.28 bits per heavy atom. The number of hydrogen-bond donors (Lipinski definition) is 1. The molecule has 0 aromatic rings. The van der Waals surface area contributed by atoms with E-state index in [1.54, 1.807) is 7.05 Å². The third-order valence-corrected chi connectivity index (χ3v) is 5.86. The summed E-state index contributed by atoms with van der Waals surface area (Å²) in [5.74, 6) is 0. The zero-order chi connectivity index (χ0) is 14.0. The third-order valence-electron chi connectivity index (χ3n) is 2.97. The molecule has 0 heterocycles. The summed E-state index contributed by atoms with van der Waals surface area (Å²) in [5, 5.41) is 8.77. The Hall–Kier alpha value is -0.593. The normalized spacial score (nSPS) is 12.7. The Bertz CT molecular complexity index is 222. The summed E-state index contributed by atoms with van der Waals surface area (Å²) < 4.78 is 11.5. The number of nitrogens with zero attached hydrogens (tertiary/aromatic N) is 1. The molecule has 0 aliphatic carbocycles. The van der Waals surface area contributed by atoms with E-state index in [-0.39, 0.29) is 0 Å². The van der Waals surface area contributed by atoms with Crippen LogP contribution in [-0.2, 0) is 8.85 Å². The number of carbonyl (C=O) groups is 1. The minimum atomic E-state index is -1.60. The molecule has 108 valence electrons. The van der Waals surface area contributed by atoms with Crippen molar-refractivity contribution in [2.45, 2.75) is 45.6 Å². The largest absolute Gasteiger partial charge is 0.465 e. The van der Waals surface area contributed by atoms with Crippen molar-refractivity contribution < 1.29 is 18.8 Å². The highest BCUT2D eigenvalue weighted by Crippen LogP contribution is 2.23. The third kappa shape index (κ3) is 6.98. The van der Waals surface area contributed by atoms with Crippen LogP contribution in [0.25, 0.3) is 0 Å². The van der Waals surface area contributed by atoms with E-state index in [2.05, 4.69) is 6.92 Å². The van der Waals surface area contributed by atoms with Gasteiger partial charge in [-0.2, -0.15) is 0 Å². The van der Waals surface area contributed by atoms with E-state index in [0.29, 0.717) is 25.3 Å². The lowest BCUT2D eigenvalue weighted by Crippen LogP contribution is -2.30. The molecule has 1 atom stereocenters. The molecule has 0 fully saturated rings. The summed E-state index contributed by atoms with van der Waals surface area (Å²) in [6, 6.07) is 0. The second-order valence-corrected chi connectivity index (χ2v) is 6.64. The van der Waals surface area contributed by atoms with Gasteiger partial charge < -0.3 is 18.9 Å². The fraction of sp³-hybridized carbons (Fsp3) is 0.917. The molecule has 0 radical (unpaired) electrons. The van der Waals surface area contributed by atoms with Gasteiger partial charge in [-0.25, -0.2) is 4.79 Å². The Balaban J connectivity index is 4.09. The fourth-order valence-electron chi connectivity index (χ4n) is 1.87. The zero-order valence-electron chi connectivity index (χ0n) is 12.0. The monoisotopic (exact) mass is 277 g/mol. The maximum atomic E-state index is 10.7. The predicted molar refractivity (Wildman–Crippen MR) is 74.3 cm³/mol. The Morgan fingerprint density at radius 2 is 1.83 bits per heavy atom. The zero-order valence-corrected chi connectivity index (χ0v) is 13.2. The van der Waals surface area contributed by atoms with Gasteiger partial charge in [0.1, 0.15) is 0 Å². The van der Waals surface area contributed by atoms with Gasteiger partial charge in [-0.3, -0.25) is 0 Å². The minimum Gasteiger partial charge on any atom is -0.465 e. The standard InChI is InChI=1S/C12H27NO4Si/c1-5-11(18(16-6-2)17-7-3)9-8-10-13(4)12(14)15/h11,18H,5-10H2,1-4H3,(H,14,15). The fourth-order valence-corrected chi connectivity index (χ4v) is 4.06. The van der Waals surface area contributed by atoms with Crippen molar-refractivity contribution in [1.82, 2.24) is 4.90 Å². The van der Waals surface area contributed by atoms with E-state index in [4.69, 9.17) is 14.0 Å². The van der Waals surface area contributed by atoms with Crippen molar-refractivity contribution in [1.29, 1.82) is 0 Å². The minimum absolute atomic E-state index is 0.465. The van der Waals surface area contributed by atoms with Gasteiger partial charge in [0.05, 0.1) is 0 Å². The van der Waals surface area contributed by atoms with Crippen LogP contribution in [0.4, 0.5) is 4.79 Å². The first-order chi connectivity index (χ1) is 8.56. The maximum Gasteiger partial charge on any atom is 0.407 e. The average Bonchev–Trinajstić information content (AvgIpc) is 2.34. The second kappa shape index (κ2) is 10.3. The molecular weight excluding hydrogens is 250 g/mol. The van der Waals surface area contributed by atoms with Gasteiger partial charge in [0, 0.05) is 26.8 Å². The first-order valence-electron chi connectivity index (χ1n) is 6.73. The first kappa shape index (κ1) is 17.4. The van der Waals surface area contributed by atoms with Crippen LogP contribution in [0.5, 0.6) is 0 Å². The van der Waals surface area contributed by atoms with Crippen LogP contribution in [0.15, 0.2) is 0 Å². The Kier molecular flexibility index (Phi) is 10.00. The van der Waals surface area contributed by atoms with Gasteiger partial charge in [-0.1, -0.05) is 13.3 Å². The molecule has 0 aliphatic heterocycles. The van der Waals surface area contributed by atoms with Gasteiger partial charge in [0.2, 0.25) is 0 Å². The molecule has 0 aliphatic rings. The van der Waals surface area contributed by atoms with Crippen molar-refractivity contribution in [3.63, 3.8) is 0 Å². The number of rotatable bonds is 10. The van der Waals surface area contributed by atoms with Crippen LogP contribution in [0.3, 0.4) is 0 Å². The number of hydrogen-bond acceptors (Lipinski definition) is 3. The van der Waals surface area contributed by atoms with Crippen LogP contribution >= 0.6 is 0 Å². The molecule has 0 rings (SSSR count). The molecule has 0 aromatic carbocycles. The molecule has 1 unspecified atom stereocenters. The molecule has 0 saturated heterocycles. The lowest BCUT2D eigenvalue weighted by molar-refractivity contribution is 0.154. The molecule has 0 bridgehead atoms. The van der Waals surface area contributed by atoms with E-state index in [0.717, 1.165) is 19.3 Å². The van der Waals surface area contributed by atoms with E-state index >= 15 is 0 Å². The first-order valence-corrected chi connectivity index (χ1v) is 8.34. The summed E-state index contributed by atoms with van der Waals surface area (Å²) in [6.07, 6.45) is 2.01. The van der Waals surface area contributed by atoms with Crippen molar-refractivity contribution in [3.8, 4) is 0 Å². The van der Waals surface area contributed by atoms with Gasteiger partial charge in [-0.15, -0.1) is 0 Å². The van der Waals surface area contributed by atoms with Gasteiger partial charge >= 0.3 is 15.4 Å². The number of amides is 1. The topological polar surface area (TPSA) is 59.0 Å². The van der Waals surface area contributed by atoms with Crippen molar-refractivity contribution >= 4 is 15.4 Å². The van der Waals surface area contributed by atoms with E-state index in [1.807, 2.05) is 13.8 Å². The summed E-state index contributed by atoms with van der Waals surface area (Å²) >= 11 is 0. The molecule has 18 heavy (non-hydrogen) atoms. The summed E-state index contributed by atoms with van der Waals surface area (Å²) in [4.78, 5) is 12.0. The molecule has 0 spiro atoms. The molecule has 1 amide bonds. The Labute approximate surface area is 112 Å². The highest BCUT2D eigenvalue weighted by molar-refractivity contribution is 6.46. The maximum absolute atomic E-state index is 10.7. The van der Waals surface area contributed by atoms with Gasteiger partial charge in [0.15, 0.2) is 0 Å². The van der Waals surface area contributed by atoms with Crippen LogP contribution < -0.4 is 0 Å². The van der Waals surface area contributed by atoms with Crippen molar-refractivity contribution in [3.05, 3.63) is 0 Å². The number of carboxylic acid groups (broad SMARTS) is 1.